The van der Waals surface area contributed by atoms with Crippen molar-refractivity contribution in [3.63, 3.8) is 0 Å². The summed E-state index contributed by atoms with van der Waals surface area (Å²) in [4.78, 5) is 18.8. The first-order valence-electron chi connectivity index (χ1n) is 8.81. The predicted octanol–water partition coefficient (Wildman–Crippen LogP) is 3.89. The minimum absolute atomic E-state index is 0.141. The molecule has 0 saturated carbocycles. The zero-order valence-corrected chi connectivity index (χ0v) is 16.9. The Morgan fingerprint density at radius 1 is 1.19 bits per heavy atom. The quantitative estimate of drug-likeness (QED) is 0.624. The molecule has 2 heterocycles. The number of hydrogen-bond acceptors (Lipinski definition) is 5. The lowest BCUT2D eigenvalue weighted by atomic mass is 10.1. The van der Waals surface area contributed by atoms with Crippen LogP contribution in [-0.2, 0) is 17.8 Å². The van der Waals surface area contributed by atoms with Gasteiger partial charge in [-0.2, -0.15) is 4.99 Å². The van der Waals surface area contributed by atoms with Gasteiger partial charge in [-0.3, -0.25) is 4.79 Å². The van der Waals surface area contributed by atoms with Crippen molar-refractivity contribution in [3.05, 3.63) is 46.8 Å². The molecule has 0 aliphatic carbocycles. The standard InChI is InChI=1S/C20H20N2O3S2/c1-3-22-15-11-16-17(25-9-8-24-16)12-18(15)27-20(22)21-19(23)10-13-4-6-14(26-2)7-5-13/h4-7,11-12H,3,8-10H2,1-2H3. The first kappa shape index (κ1) is 18.1. The van der Waals surface area contributed by atoms with E-state index >= 15 is 0 Å². The van der Waals surface area contributed by atoms with E-state index in [0.717, 1.165) is 33.8 Å². The van der Waals surface area contributed by atoms with Gasteiger partial charge in [-0.1, -0.05) is 23.5 Å². The number of thiazole rings is 1. The van der Waals surface area contributed by atoms with E-state index in [1.165, 1.54) is 16.2 Å². The van der Waals surface area contributed by atoms with E-state index in [1.807, 2.05) is 54.1 Å². The summed E-state index contributed by atoms with van der Waals surface area (Å²) >= 11 is 3.19. The lowest BCUT2D eigenvalue weighted by Gasteiger charge is -2.18. The highest BCUT2D eigenvalue weighted by molar-refractivity contribution is 7.98. The molecular weight excluding hydrogens is 380 g/mol. The van der Waals surface area contributed by atoms with Crippen LogP contribution >= 0.6 is 23.1 Å². The molecule has 4 rings (SSSR count). The number of carbonyl (C=O) groups excluding carboxylic acids is 1. The molecule has 0 radical (unpaired) electrons. The van der Waals surface area contributed by atoms with Crippen molar-refractivity contribution in [1.82, 2.24) is 4.57 Å². The number of thioether (sulfide) groups is 1. The maximum absolute atomic E-state index is 12.5. The summed E-state index contributed by atoms with van der Waals surface area (Å²) in [6.07, 6.45) is 2.34. The molecule has 1 aliphatic heterocycles. The summed E-state index contributed by atoms with van der Waals surface area (Å²) in [7, 11) is 0. The highest BCUT2D eigenvalue weighted by Crippen LogP contribution is 2.35. The highest BCUT2D eigenvalue weighted by atomic mass is 32.2. The van der Waals surface area contributed by atoms with Gasteiger partial charge in [0.2, 0.25) is 0 Å². The van der Waals surface area contributed by atoms with E-state index < -0.39 is 0 Å². The molecule has 1 aliphatic rings. The monoisotopic (exact) mass is 400 g/mol. The number of amides is 1. The number of ether oxygens (including phenoxy) is 2. The van der Waals surface area contributed by atoms with E-state index in [-0.39, 0.29) is 5.91 Å². The van der Waals surface area contributed by atoms with Gasteiger partial charge in [0.05, 0.1) is 16.6 Å². The summed E-state index contributed by atoms with van der Waals surface area (Å²) in [5.41, 5.74) is 1.99. The normalized spacial score (nSPS) is 13.9. The summed E-state index contributed by atoms with van der Waals surface area (Å²) in [6.45, 7) is 3.89. The molecule has 0 saturated heterocycles. The number of fused-ring (bicyclic) bond motifs is 2. The van der Waals surface area contributed by atoms with Gasteiger partial charge in [0.25, 0.3) is 5.91 Å². The number of carbonyl (C=O) groups is 1. The van der Waals surface area contributed by atoms with Crippen LogP contribution in [0.3, 0.4) is 0 Å². The zero-order chi connectivity index (χ0) is 18.8. The van der Waals surface area contributed by atoms with Gasteiger partial charge >= 0.3 is 0 Å². The maximum atomic E-state index is 12.5. The Bertz CT molecular complexity index is 1050. The molecule has 27 heavy (non-hydrogen) atoms. The lowest BCUT2D eigenvalue weighted by molar-refractivity contribution is -0.117. The lowest BCUT2D eigenvalue weighted by Crippen LogP contribution is -2.17. The third kappa shape index (κ3) is 3.75. The third-order valence-electron chi connectivity index (χ3n) is 4.40. The molecular formula is C20H20N2O3S2. The van der Waals surface area contributed by atoms with Crippen LogP contribution in [0.15, 0.2) is 46.3 Å². The molecule has 5 nitrogen and oxygen atoms in total. The van der Waals surface area contributed by atoms with Gasteiger partial charge in [0, 0.05) is 23.6 Å². The first-order chi connectivity index (χ1) is 13.2. The van der Waals surface area contributed by atoms with Crippen molar-refractivity contribution in [1.29, 1.82) is 0 Å². The van der Waals surface area contributed by atoms with Crippen molar-refractivity contribution in [2.75, 3.05) is 19.5 Å². The predicted molar refractivity (Wildman–Crippen MR) is 109 cm³/mol. The molecule has 1 amide bonds. The minimum Gasteiger partial charge on any atom is -0.486 e. The average Bonchev–Trinajstić information content (AvgIpc) is 3.02. The van der Waals surface area contributed by atoms with Crippen LogP contribution in [0, 0.1) is 0 Å². The number of aromatic nitrogens is 1. The molecule has 0 N–H and O–H groups in total. The van der Waals surface area contributed by atoms with E-state index in [1.54, 1.807) is 11.8 Å². The van der Waals surface area contributed by atoms with Crippen molar-refractivity contribution in [2.45, 2.75) is 24.8 Å². The second-order valence-corrected chi connectivity index (χ2v) is 8.01. The SMILES string of the molecule is CCn1c(=NC(=O)Cc2ccc(SC)cc2)sc2cc3c(cc21)OCCO3. The van der Waals surface area contributed by atoms with Crippen molar-refractivity contribution in [2.24, 2.45) is 4.99 Å². The molecule has 140 valence electrons. The highest BCUT2D eigenvalue weighted by Gasteiger charge is 2.16. The average molecular weight is 401 g/mol. The number of aryl methyl sites for hydroxylation is 1. The minimum atomic E-state index is -0.141. The number of nitrogens with zero attached hydrogens (tertiary/aromatic N) is 2. The van der Waals surface area contributed by atoms with Gasteiger partial charge in [0.1, 0.15) is 13.2 Å². The molecule has 1 aromatic heterocycles. The maximum Gasteiger partial charge on any atom is 0.252 e. The van der Waals surface area contributed by atoms with Crippen LogP contribution in [0.1, 0.15) is 12.5 Å². The molecule has 3 aromatic rings. The molecule has 7 heteroatoms. The number of hydrogen-bond donors (Lipinski definition) is 0. The Kier molecular flexibility index (Phi) is 5.22. The second-order valence-electron chi connectivity index (χ2n) is 6.12. The first-order valence-corrected chi connectivity index (χ1v) is 10.9. The topological polar surface area (TPSA) is 52.8 Å². The molecule has 0 fully saturated rings. The largest absolute Gasteiger partial charge is 0.486 e. The van der Waals surface area contributed by atoms with E-state index in [4.69, 9.17) is 9.47 Å². The number of rotatable bonds is 4. The van der Waals surface area contributed by atoms with Gasteiger partial charge < -0.3 is 14.0 Å². The molecule has 0 bridgehead atoms. The van der Waals surface area contributed by atoms with Crippen LogP contribution in [0.5, 0.6) is 11.5 Å². The fraction of sp³-hybridized carbons (Fsp3) is 0.300. The van der Waals surface area contributed by atoms with E-state index in [0.29, 0.717) is 24.4 Å². The van der Waals surface area contributed by atoms with Gasteiger partial charge in [0.15, 0.2) is 16.3 Å². The Hall–Kier alpha value is -2.25. The fourth-order valence-corrected chi connectivity index (χ4v) is 4.59. The van der Waals surface area contributed by atoms with Crippen LogP contribution in [-0.4, -0.2) is 29.9 Å². The Balaban J connectivity index is 1.67. The Morgan fingerprint density at radius 3 is 2.56 bits per heavy atom. The van der Waals surface area contributed by atoms with E-state index in [9.17, 15) is 4.79 Å². The summed E-state index contributed by atoms with van der Waals surface area (Å²) in [6, 6.07) is 12.0. The summed E-state index contributed by atoms with van der Waals surface area (Å²) < 4.78 is 14.4. The molecule has 2 aromatic carbocycles. The van der Waals surface area contributed by atoms with E-state index in [2.05, 4.69) is 4.99 Å². The van der Waals surface area contributed by atoms with Gasteiger partial charge in [-0.05, 0) is 30.9 Å². The third-order valence-corrected chi connectivity index (χ3v) is 6.18. The molecule has 0 unspecified atom stereocenters. The second kappa shape index (κ2) is 7.78. The van der Waals surface area contributed by atoms with Gasteiger partial charge in [-0.25, -0.2) is 0 Å². The Labute approximate surface area is 165 Å². The zero-order valence-electron chi connectivity index (χ0n) is 15.2. The van der Waals surface area contributed by atoms with Crippen molar-refractivity contribution in [3.8, 4) is 11.5 Å². The van der Waals surface area contributed by atoms with Crippen molar-refractivity contribution < 1.29 is 14.3 Å². The fourth-order valence-electron chi connectivity index (χ4n) is 3.06. The smallest absolute Gasteiger partial charge is 0.252 e. The summed E-state index contributed by atoms with van der Waals surface area (Å²) in [5.74, 6) is 1.36. The molecule has 0 spiro atoms. The van der Waals surface area contributed by atoms with Crippen LogP contribution < -0.4 is 14.3 Å². The van der Waals surface area contributed by atoms with Crippen LogP contribution in [0.25, 0.3) is 10.2 Å². The van der Waals surface area contributed by atoms with Crippen LogP contribution in [0.2, 0.25) is 0 Å². The Morgan fingerprint density at radius 2 is 1.89 bits per heavy atom. The van der Waals surface area contributed by atoms with Crippen molar-refractivity contribution >= 4 is 39.2 Å². The van der Waals surface area contributed by atoms with Crippen LogP contribution in [0.4, 0.5) is 0 Å². The number of benzene rings is 2. The summed E-state index contributed by atoms with van der Waals surface area (Å²) in [5, 5.41) is 0. The van der Waals surface area contributed by atoms with Gasteiger partial charge in [-0.15, -0.1) is 11.8 Å². The molecule has 0 atom stereocenters.